The molecule has 21 heavy (non-hydrogen) atoms. The number of rotatable bonds is 3. The van der Waals surface area contributed by atoms with Gasteiger partial charge in [-0.25, -0.2) is 4.98 Å². The van der Waals surface area contributed by atoms with Gasteiger partial charge in [-0.1, -0.05) is 30.3 Å². The fourth-order valence-corrected chi connectivity index (χ4v) is 2.35. The second kappa shape index (κ2) is 5.40. The summed E-state index contributed by atoms with van der Waals surface area (Å²) in [5.74, 6) is 0.809. The summed E-state index contributed by atoms with van der Waals surface area (Å²) in [5, 5.41) is 0. The van der Waals surface area contributed by atoms with Gasteiger partial charge < -0.3 is 4.90 Å². The Kier molecular flexibility index (Phi) is 3.44. The van der Waals surface area contributed by atoms with Crippen molar-refractivity contribution in [3.8, 4) is 5.69 Å². The minimum Gasteiger partial charge on any atom is -0.348 e. The van der Waals surface area contributed by atoms with Crippen LogP contribution in [0.5, 0.6) is 0 Å². The Morgan fingerprint density at radius 1 is 1.05 bits per heavy atom. The number of hydrogen-bond donors (Lipinski definition) is 0. The first-order valence-corrected chi connectivity index (χ1v) is 6.89. The van der Waals surface area contributed by atoms with E-state index in [-0.39, 0.29) is 12.3 Å². The fraction of sp³-hybridized carbons (Fsp3) is 0.176. The van der Waals surface area contributed by atoms with Gasteiger partial charge in [0.2, 0.25) is 5.91 Å². The Labute approximate surface area is 123 Å². The number of imidazole rings is 1. The molecule has 3 aromatic rings. The van der Waals surface area contributed by atoms with Crippen molar-refractivity contribution in [3.05, 3.63) is 60.4 Å². The summed E-state index contributed by atoms with van der Waals surface area (Å²) in [7, 11) is 3.52. The number of benzene rings is 2. The number of amides is 1. The maximum Gasteiger partial charge on any atom is 0.229 e. The number of aromatic nitrogens is 2. The van der Waals surface area contributed by atoms with Crippen molar-refractivity contribution in [2.75, 3.05) is 14.1 Å². The number of carbonyl (C=O) groups excluding carboxylic acids is 1. The first-order valence-electron chi connectivity index (χ1n) is 6.89. The van der Waals surface area contributed by atoms with Crippen LogP contribution >= 0.6 is 0 Å². The summed E-state index contributed by atoms with van der Waals surface area (Å²) in [4.78, 5) is 18.3. The van der Waals surface area contributed by atoms with Gasteiger partial charge in [-0.3, -0.25) is 9.36 Å². The molecule has 0 aliphatic heterocycles. The van der Waals surface area contributed by atoms with Crippen LogP contribution in [0.1, 0.15) is 5.82 Å². The van der Waals surface area contributed by atoms with E-state index >= 15 is 0 Å². The normalized spacial score (nSPS) is 10.8. The fourth-order valence-electron chi connectivity index (χ4n) is 2.35. The van der Waals surface area contributed by atoms with Gasteiger partial charge in [-0.05, 0) is 24.3 Å². The second-order valence-electron chi connectivity index (χ2n) is 5.15. The summed E-state index contributed by atoms with van der Waals surface area (Å²) < 4.78 is 2.05. The zero-order valence-corrected chi connectivity index (χ0v) is 12.2. The SMILES string of the molecule is CN(C)C(=O)Cc1nc2ccccc2n1-c1ccccc1. The number of carbonyl (C=O) groups is 1. The number of hydrogen-bond acceptors (Lipinski definition) is 2. The summed E-state index contributed by atoms with van der Waals surface area (Å²) in [6.07, 6.45) is 0.288. The third-order valence-corrected chi connectivity index (χ3v) is 3.45. The van der Waals surface area contributed by atoms with Crippen molar-refractivity contribution in [3.63, 3.8) is 0 Å². The molecule has 0 radical (unpaired) electrons. The molecule has 0 aliphatic rings. The van der Waals surface area contributed by atoms with Gasteiger partial charge in [0, 0.05) is 19.8 Å². The first kappa shape index (κ1) is 13.4. The van der Waals surface area contributed by atoms with Crippen molar-refractivity contribution < 1.29 is 4.79 Å². The first-order chi connectivity index (χ1) is 10.2. The molecule has 0 aliphatic carbocycles. The molecule has 1 aromatic heterocycles. The minimum atomic E-state index is 0.0440. The quantitative estimate of drug-likeness (QED) is 0.739. The molecule has 0 saturated heterocycles. The number of nitrogens with zero attached hydrogens (tertiary/aromatic N) is 3. The predicted molar refractivity (Wildman–Crippen MR) is 83.5 cm³/mol. The number of likely N-dealkylation sites (N-methyl/N-ethyl adjacent to an activating group) is 1. The van der Waals surface area contributed by atoms with Gasteiger partial charge in [-0.15, -0.1) is 0 Å². The molecular formula is C17H17N3O. The molecule has 0 N–H and O–H groups in total. The molecule has 4 nitrogen and oxygen atoms in total. The van der Waals surface area contributed by atoms with E-state index in [4.69, 9.17) is 0 Å². The standard InChI is InChI=1S/C17H17N3O/c1-19(2)17(21)12-16-18-14-10-6-7-11-15(14)20(16)13-8-4-3-5-9-13/h3-11H,12H2,1-2H3. The molecule has 0 saturated carbocycles. The van der Waals surface area contributed by atoms with Crippen LogP contribution in [-0.2, 0) is 11.2 Å². The minimum absolute atomic E-state index is 0.0440. The van der Waals surface area contributed by atoms with Crippen molar-refractivity contribution in [2.45, 2.75) is 6.42 Å². The van der Waals surface area contributed by atoms with Crippen LogP contribution in [0.15, 0.2) is 54.6 Å². The number of fused-ring (bicyclic) bond motifs is 1. The molecule has 106 valence electrons. The summed E-state index contributed by atoms with van der Waals surface area (Å²) in [6, 6.07) is 18.0. The second-order valence-corrected chi connectivity index (χ2v) is 5.15. The topological polar surface area (TPSA) is 38.1 Å². The molecule has 3 rings (SSSR count). The molecule has 2 aromatic carbocycles. The Bertz CT molecular complexity index is 775. The van der Waals surface area contributed by atoms with E-state index in [2.05, 4.69) is 9.55 Å². The maximum absolute atomic E-state index is 12.0. The summed E-state index contributed by atoms with van der Waals surface area (Å²) in [5.41, 5.74) is 2.95. The highest BCUT2D eigenvalue weighted by atomic mass is 16.2. The Morgan fingerprint density at radius 3 is 2.43 bits per heavy atom. The monoisotopic (exact) mass is 279 g/mol. The predicted octanol–water partition coefficient (Wildman–Crippen LogP) is 2.66. The molecule has 0 unspecified atom stereocenters. The summed E-state index contributed by atoms with van der Waals surface area (Å²) >= 11 is 0. The number of para-hydroxylation sites is 3. The van der Waals surface area contributed by atoms with Crippen LogP contribution in [0.2, 0.25) is 0 Å². The van der Waals surface area contributed by atoms with Crippen LogP contribution in [0, 0.1) is 0 Å². The van der Waals surface area contributed by atoms with Crippen molar-refractivity contribution in [1.29, 1.82) is 0 Å². The molecule has 1 amide bonds. The molecule has 4 heteroatoms. The lowest BCUT2D eigenvalue weighted by Gasteiger charge is -2.12. The zero-order chi connectivity index (χ0) is 14.8. The van der Waals surface area contributed by atoms with Crippen molar-refractivity contribution >= 4 is 16.9 Å². The van der Waals surface area contributed by atoms with Gasteiger partial charge in [0.15, 0.2) is 0 Å². The van der Waals surface area contributed by atoms with E-state index in [1.54, 1.807) is 19.0 Å². The smallest absolute Gasteiger partial charge is 0.229 e. The van der Waals surface area contributed by atoms with Crippen molar-refractivity contribution in [2.24, 2.45) is 0 Å². The average Bonchev–Trinajstić information content (AvgIpc) is 2.85. The molecule has 1 heterocycles. The van der Waals surface area contributed by atoms with Crippen LogP contribution < -0.4 is 0 Å². The van der Waals surface area contributed by atoms with Gasteiger partial charge in [0.25, 0.3) is 0 Å². The highest BCUT2D eigenvalue weighted by molar-refractivity contribution is 5.82. The van der Waals surface area contributed by atoms with Gasteiger partial charge in [0.05, 0.1) is 17.5 Å². The molecule has 0 spiro atoms. The average molecular weight is 279 g/mol. The van der Waals surface area contributed by atoms with E-state index < -0.39 is 0 Å². The van der Waals surface area contributed by atoms with E-state index in [9.17, 15) is 4.79 Å². The lowest BCUT2D eigenvalue weighted by molar-refractivity contribution is -0.128. The van der Waals surface area contributed by atoms with Crippen LogP contribution in [-0.4, -0.2) is 34.5 Å². The van der Waals surface area contributed by atoms with Crippen LogP contribution in [0.3, 0.4) is 0 Å². The third kappa shape index (κ3) is 2.52. The highest BCUT2D eigenvalue weighted by Gasteiger charge is 2.15. The molecule has 0 fully saturated rings. The van der Waals surface area contributed by atoms with Crippen LogP contribution in [0.4, 0.5) is 0 Å². The van der Waals surface area contributed by atoms with Crippen molar-refractivity contribution in [1.82, 2.24) is 14.5 Å². The summed E-state index contributed by atoms with van der Waals surface area (Å²) in [6.45, 7) is 0. The highest BCUT2D eigenvalue weighted by Crippen LogP contribution is 2.21. The van der Waals surface area contributed by atoms with Gasteiger partial charge in [-0.2, -0.15) is 0 Å². The molecular weight excluding hydrogens is 262 g/mol. The Balaban J connectivity index is 2.17. The lowest BCUT2D eigenvalue weighted by atomic mass is 10.2. The molecule has 0 atom stereocenters. The lowest BCUT2D eigenvalue weighted by Crippen LogP contribution is -2.24. The van der Waals surface area contributed by atoms with E-state index in [1.807, 2.05) is 54.6 Å². The molecule has 0 bridgehead atoms. The van der Waals surface area contributed by atoms with Gasteiger partial charge in [0.1, 0.15) is 5.82 Å². The Hall–Kier alpha value is -2.62. The van der Waals surface area contributed by atoms with E-state index in [1.165, 1.54) is 0 Å². The zero-order valence-electron chi connectivity index (χ0n) is 12.2. The Morgan fingerprint density at radius 2 is 1.71 bits per heavy atom. The van der Waals surface area contributed by atoms with E-state index in [0.717, 1.165) is 22.5 Å². The largest absolute Gasteiger partial charge is 0.348 e. The third-order valence-electron chi connectivity index (χ3n) is 3.45. The van der Waals surface area contributed by atoms with Crippen LogP contribution in [0.25, 0.3) is 16.7 Å². The van der Waals surface area contributed by atoms with Gasteiger partial charge >= 0.3 is 0 Å². The maximum atomic E-state index is 12.0. The van der Waals surface area contributed by atoms with E-state index in [0.29, 0.717) is 0 Å².